The molecule has 1 fully saturated rings. The van der Waals surface area contributed by atoms with Crippen LogP contribution in [0.3, 0.4) is 0 Å². The van der Waals surface area contributed by atoms with Gasteiger partial charge in [-0.1, -0.05) is 0 Å². The molecule has 1 saturated carbocycles. The zero-order chi connectivity index (χ0) is 14.9. The molecule has 0 radical (unpaired) electrons. The molecule has 0 aromatic rings. The summed E-state index contributed by atoms with van der Waals surface area (Å²) in [5.74, 6) is 8.11. The number of hydrogen-bond acceptors (Lipinski definition) is 4. The van der Waals surface area contributed by atoms with Crippen molar-refractivity contribution in [2.24, 2.45) is 17.8 Å². The first-order chi connectivity index (χ1) is 10.3. The SMILES string of the molecule is CCOCCOCCCNC(=O)OCC1C2CC#CCC21. The van der Waals surface area contributed by atoms with E-state index >= 15 is 0 Å². The highest BCUT2D eigenvalue weighted by atomic mass is 16.5. The van der Waals surface area contributed by atoms with E-state index in [1.54, 1.807) is 0 Å². The molecule has 0 saturated heterocycles. The van der Waals surface area contributed by atoms with Gasteiger partial charge in [0.05, 0.1) is 19.8 Å². The van der Waals surface area contributed by atoms with Crippen LogP contribution in [0.25, 0.3) is 0 Å². The molecule has 2 rings (SSSR count). The Balaban J connectivity index is 1.39. The van der Waals surface area contributed by atoms with Crippen LogP contribution in [0.15, 0.2) is 0 Å². The summed E-state index contributed by atoms with van der Waals surface area (Å²) >= 11 is 0. The average Bonchev–Trinajstić information content (AvgIpc) is 3.21. The average molecular weight is 295 g/mol. The minimum absolute atomic E-state index is 0.325. The lowest BCUT2D eigenvalue weighted by Crippen LogP contribution is -2.27. The van der Waals surface area contributed by atoms with Crippen molar-refractivity contribution in [3.63, 3.8) is 0 Å². The zero-order valence-corrected chi connectivity index (χ0v) is 12.7. The predicted molar refractivity (Wildman–Crippen MR) is 78.8 cm³/mol. The summed E-state index contributed by atoms with van der Waals surface area (Å²) in [6.45, 7) is 5.62. The molecule has 1 N–H and O–H groups in total. The monoisotopic (exact) mass is 295 g/mol. The van der Waals surface area contributed by atoms with E-state index in [-0.39, 0.29) is 6.09 Å². The molecule has 2 aliphatic carbocycles. The topological polar surface area (TPSA) is 56.8 Å². The maximum Gasteiger partial charge on any atom is 0.407 e. The van der Waals surface area contributed by atoms with Gasteiger partial charge in [0, 0.05) is 38.5 Å². The van der Waals surface area contributed by atoms with E-state index in [4.69, 9.17) is 14.2 Å². The van der Waals surface area contributed by atoms with Crippen LogP contribution in [0.4, 0.5) is 4.79 Å². The number of nitrogens with one attached hydrogen (secondary N) is 1. The fourth-order valence-corrected chi connectivity index (χ4v) is 2.71. The largest absolute Gasteiger partial charge is 0.449 e. The highest BCUT2D eigenvalue weighted by Crippen LogP contribution is 2.51. The summed E-state index contributed by atoms with van der Waals surface area (Å²) < 4.78 is 15.8. The Hall–Kier alpha value is -1.25. The van der Waals surface area contributed by atoms with E-state index in [1.165, 1.54) is 0 Å². The number of rotatable bonds is 10. The molecule has 0 aromatic heterocycles. The number of alkyl carbamates (subject to hydrolysis) is 1. The minimum atomic E-state index is -0.325. The van der Waals surface area contributed by atoms with E-state index in [0.717, 1.165) is 19.3 Å². The first-order valence-electron chi connectivity index (χ1n) is 7.84. The van der Waals surface area contributed by atoms with E-state index in [0.29, 0.717) is 57.3 Å². The van der Waals surface area contributed by atoms with Crippen molar-refractivity contribution < 1.29 is 19.0 Å². The second kappa shape index (κ2) is 8.91. The van der Waals surface area contributed by atoms with Crippen LogP contribution < -0.4 is 5.32 Å². The summed E-state index contributed by atoms with van der Waals surface area (Å²) in [6.07, 6.45) is 2.40. The van der Waals surface area contributed by atoms with Crippen LogP contribution in [-0.2, 0) is 14.2 Å². The van der Waals surface area contributed by atoms with Crippen molar-refractivity contribution in [3.05, 3.63) is 0 Å². The van der Waals surface area contributed by atoms with Crippen molar-refractivity contribution >= 4 is 6.09 Å². The second-order valence-corrected chi connectivity index (χ2v) is 5.44. The molecule has 2 unspecified atom stereocenters. The second-order valence-electron chi connectivity index (χ2n) is 5.44. The molecule has 0 aromatic carbocycles. The molecule has 0 spiro atoms. The number of carbonyl (C=O) groups excluding carboxylic acids is 1. The lowest BCUT2D eigenvalue weighted by molar-refractivity contribution is 0.0518. The Morgan fingerprint density at radius 3 is 2.57 bits per heavy atom. The molecule has 21 heavy (non-hydrogen) atoms. The number of amides is 1. The van der Waals surface area contributed by atoms with E-state index in [2.05, 4.69) is 17.2 Å². The van der Waals surface area contributed by atoms with Gasteiger partial charge in [-0.3, -0.25) is 0 Å². The lowest BCUT2D eigenvalue weighted by Gasteiger charge is -2.07. The van der Waals surface area contributed by atoms with Gasteiger partial charge in [0.15, 0.2) is 0 Å². The number of carbonyl (C=O) groups is 1. The zero-order valence-electron chi connectivity index (χ0n) is 12.7. The van der Waals surface area contributed by atoms with Crippen LogP contribution in [0.2, 0.25) is 0 Å². The maximum absolute atomic E-state index is 11.5. The van der Waals surface area contributed by atoms with Crippen LogP contribution in [-0.4, -0.2) is 45.7 Å². The maximum atomic E-state index is 11.5. The number of ether oxygens (including phenoxy) is 3. The molecule has 5 nitrogen and oxygen atoms in total. The third kappa shape index (κ3) is 5.56. The van der Waals surface area contributed by atoms with Crippen molar-refractivity contribution in [1.82, 2.24) is 5.32 Å². The Morgan fingerprint density at radius 2 is 1.86 bits per heavy atom. The van der Waals surface area contributed by atoms with Gasteiger partial charge < -0.3 is 19.5 Å². The Kier molecular flexibility index (Phi) is 6.84. The molecule has 0 bridgehead atoms. The van der Waals surface area contributed by atoms with Gasteiger partial charge in [0.1, 0.15) is 0 Å². The first-order valence-corrected chi connectivity index (χ1v) is 7.84. The number of fused-ring (bicyclic) bond motifs is 1. The van der Waals surface area contributed by atoms with Crippen molar-refractivity contribution in [3.8, 4) is 11.8 Å². The summed E-state index contributed by atoms with van der Waals surface area (Å²) in [6, 6.07) is 0. The quantitative estimate of drug-likeness (QED) is 0.493. The van der Waals surface area contributed by atoms with E-state index in [9.17, 15) is 4.79 Å². The highest BCUT2D eigenvalue weighted by Gasteiger charge is 2.50. The Morgan fingerprint density at radius 1 is 1.14 bits per heavy atom. The molecule has 118 valence electrons. The van der Waals surface area contributed by atoms with Crippen LogP contribution in [0.1, 0.15) is 26.2 Å². The van der Waals surface area contributed by atoms with Crippen LogP contribution >= 0.6 is 0 Å². The molecule has 1 amide bonds. The molecule has 5 heteroatoms. The fourth-order valence-electron chi connectivity index (χ4n) is 2.71. The van der Waals surface area contributed by atoms with Crippen molar-refractivity contribution in [2.75, 3.05) is 39.6 Å². The van der Waals surface area contributed by atoms with Gasteiger partial charge >= 0.3 is 6.09 Å². The Labute approximate surface area is 126 Å². The lowest BCUT2D eigenvalue weighted by atomic mass is 10.1. The molecule has 2 atom stereocenters. The predicted octanol–water partition coefficient (Wildman–Crippen LogP) is 1.82. The van der Waals surface area contributed by atoms with Gasteiger partial charge in [0.2, 0.25) is 0 Å². The number of hydrogen-bond donors (Lipinski definition) is 1. The standard InChI is InChI=1S/C16H25NO4/c1-2-19-10-11-20-9-5-8-17-16(18)21-12-15-13-6-3-4-7-14(13)15/h13-15H,2,5-12H2,1H3,(H,17,18). The molecular formula is C16H25NO4. The Bertz CT molecular complexity index is 371. The van der Waals surface area contributed by atoms with Gasteiger partial charge in [-0.25, -0.2) is 4.79 Å². The third-order valence-electron chi connectivity index (χ3n) is 4.03. The molecule has 0 aliphatic heterocycles. The smallest absolute Gasteiger partial charge is 0.407 e. The normalized spacial score (nSPS) is 25.5. The van der Waals surface area contributed by atoms with Crippen LogP contribution in [0, 0.1) is 29.6 Å². The van der Waals surface area contributed by atoms with Crippen molar-refractivity contribution in [2.45, 2.75) is 26.2 Å². The molecule has 0 heterocycles. The van der Waals surface area contributed by atoms with E-state index < -0.39 is 0 Å². The summed E-state index contributed by atoms with van der Waals surface area (Å²) in [7, 11) is 0. The minimum Gasteiger partial charge on any atom is -0.449 e. The van der Waals surface area contributed by atoms with Crippen LogP contribution in [0.5, 0.6) is 0 Å². The van der Waals surface area contributed by atoms with E-state index in [1.807, 2.05) is 6.92 Å². The summed E-state index contributed by atoms with van der Waals surface area (Å²) in [5, 5.41) is 2.75. The first kappa shape index (κ1) is 16.1. The summed E-state index contributed by atoms with van der Waals surface area (Å²) in [5.41, 5.74) is 0. The van der Waals surface area contributed by atoms with Gasteiger partial charge in [-0.15, -0.1) is 11.8 Å². The van der Waals surface area contributed by atoms with Gasteiger partial charge in [0.25, 0.3) is 0 Å². The fraction of sp³-hybridized carbons (Fsp3) is 0.812. The molecular weight excluding hydrogens is 270 g/mol. The van der Waals surface area contributed by atoms with Gasteiger partial charge in [-0.05, 0) is 25.2 Å². The third-order valence-corrected chi connectivity index (χ3v) is 4.03. The van der Waals surface area contributed by atoms with Crippen molar-refractivity contribution in [1.29, 1.82) is 0 Å². The van der Waals surface area contributed by atoms with Gasteiger partial charge in [-0.2, -0.15) is 0 Å². The molecule has 2 aliphatic rings. The summed E-state index contributed by atoms with van der Waals surface area (Å²) in [4.78, 5) is 11.5. The highest BCUT2D eigenvalue weighted by molar-refractivity contribution is 5.67.